The lowest BCUT2D eigenvalue weighted by Crippen LogP contribution is -2.45. The fourth-order valence-electron chi connectivity index (χ4n) is 3.19. The molecule has 9 heteroatoms. The molecule has 2 atom stereocenters. The Labute approximate surface area is 137 Å². The number of likely N-dealkylation sites (N-methyl/N-ethyl adjacent to an activating group) is 1. The minimum atomic E-state index is -0.588. The summed E-state index contributed by atoms with van der Waals surface area (Å²) in [6.07, 6.45) is 2.04. The minimum absolute atomic E-state index is 0.00551. The number of nitrogens with one attached hydrogen (secondary N) is 1. The highest BCUT2D eigenvalue weighted by Gasteiger charge is 2.42. The average Bonchev–Trinajstić information content (AvgIpc) is 3.10. The van der Waals surface area contributed by atoms with Crippen LogP contribution in [-0.4, -0.2) is 65.5 Å². The highest BCUT2D eigenvalue weighted by molar-refractivity contribution is 7.14. The van der Waals surface area contributed by atoms with Crippen molar-refractivity contribution >= 4 is 34.2 Å². The van der Waals surface area contributed by atoms with Crippen LogP contribution in [0, 0.1) is 0 Å². The zero-order valence-electron chi connectivity index (χ0n) is 12.9. The van der Waals surface area contributed by atoms with Gasteiger partial charge in [0.1, 0.15) is 5.00 Å². The van der Waals surface area contributed by atoms with Crippen LogP contribution in [-0.2, 0) is 9.53 Å². The normalized spacial score (nSPS) is 23.7. The number of esters is 1. The van der Waals surface area contributed by atoms with Crippen LogP contribution in [0.15, 0.2) is 5.51 Å². The largest absolute Gasteiger partial charge is 0.464 e. The van der Waals surface area contributed by atoms with Gasteiger partial charge in [0.25, 0.3) is 0 Å². The summed E-state index contributed by atoms with van der Waals surface area (Å²) in [7, 11) is 3.03. The number of fused-ring (bicyclic) bond motifs is 2. The predicted octanol–water partition coefficient (Wildman–Crippen LogP) is 1.16. The number of thiazole rings is 1. The number of aromatic nitrogens is 1. The van der Waals surface area contributed by atoms with Crippen molar-refractivity contribution in [1.29, 1.82) is 0 Å². The van der Waals surface area contributed by atoms with Gasteiger partial charge in [0, 0.05) is 26.1 Å². The van der Waals surface area contributed by atoms with Crippen LogP contribution in [0.1, 0.15) is 29.8 Å². The fraction of sp³-hybridized carbons (Fsp3) is 0.571. The standard InChI is InChI=1S/C14H18N4O4S/c1-17-6-9-4-3-8(5-10(17)19)18(9)14(21)16-12-11(13(20)22-2)15-7-23-12/h7-9H,3-6H2,1-2H3,(H,16,21)/t8-,9+/m0/s1. The molecule has 3 amide bonds. The van der Waals surface area contributed by atoms with Gasteiger partial charge in [-0.1, -0.05) is 0 Å². The van der Waals surface area contributed by atoms with Gasteiger partial charge in [-0.15, -0.1) is 11.3 Å². The maximum Gasteiger partial charge on any atom is 0.359 e. The Morgan fingerprint density at radius 2 is 2.13 bits per heavy atom. The van der Waals surface area contributed by atoms with Crippen LogP contribution in [0.4, 0.5) is 9.80 Å². The van der Waals surface area contributed by atoms with Gasteiger partial charge in [-0.05, 0) is 12.8 Å². The lowest BCUT2D eigenvalue weighted by molar-refractivity contribution is -0.130. The fourth-order valence-corrected chi connectivity index (χ4v) is 3.84. The Bertz CT molecular complexity index is 646. The number of ether oxygens (including phenoxy) is 1. The zero-order chi connectivity index (χ0) is 16.6. The summed E-state index contributed by atoms with van der Waals surface area (Å²) in [6, 6.07) is -0.382. The number of carbonyl (C=O) groups is 3. The van der Waals surface area contributed by atoms with Crippen molar-refractivity contribution in [2.75, 3.05) is 26.0 Å². The summed E-state index contributed by atoms with van der Waals surface area (Å²) < 4.78 is 4.65. The Morgan fingerprint density at radius 3 is 2.87 bits per heavy atom. The summed E-state index contributed by atoms with van der Waals surface area (Å²) in [5, 5.41) is 3.11. The third-order valence-electron chi connectivity index (χ3n) is 4.34. The first kappa shape index (κ1) is 15.7. The van der Waals surface area contributed by atoms with Crippen molar-refractivity contribution < 1.29 is 19.1 Å². The highest BCUT2D eigenvalue weighted by atomic mass is 32.1. The molecule has 2 aliphatic rings. The molecule has 3 rings (SSSR count). The van der Waals surface area contributed by atoms with Gasteiger partial charge >= 0.3 is 12.0 Å². The number of rotatable bonds is 2. The van der Waals surface area contributed by atoms with Crippen LogP contribution in [0.3, 0.4) is 0 Å². The molecule has 2 fully saturated rings. The van der Waals surface area contributed by atoms with Gasteiger partial charge in [-0.25, -0.2) is 14.6 Å². The summed E-state index contributed by atoms with van der Waals surface area (Å²) in [5.41, 5.74) is 1.58. The second-order valence-electron chi connectivity index (χ2n) is 5.72. The Hall–Kier alpha value is -2.16. The van der Waals surface area contributed by atoms with Gasteiger partial charge in [0.2, 0.25) is 5.91 Å². The molecule has 2 bridgehead atoms. The number of anilines is 1. The van der Waals surface area contributed by atoms with E-state index in [1.807, 2.05) is 0 Å². The molecule has 0 spiro atoms. The molecule has 124 valence electrons. The van der Waals surface area contributed by atoms with Gasteiger partial charge in [0.05, 0.1) is 18.7 Å². The summed E-state index contributed by atoms with van der Waals surface area (Å²) in [4.78, 5) is 43.6. The van der Waals surface area contributed by atoms with Crippen LogP contribution in [0.25, 0.3) is 0 Å². The number of hydrogen-bond donors (Lipinski definition) is 1. The third kappa shape index (κ3) is 2.88. The van der Waals surface area contributed by atoms with Gasteiger partial charge in [-0.3, -0.25) is 10.1 Å². The van der Waals surface area contributed by atoms with E-state index in [0.717, 1.165) is 12.8 Å². The van der Waals surface area contributed by atoms with Crippen molar-refractivity contribution in [2.24, 2.45) is 0 Å². The lowest BCUT2D eigenvalue weighted by Gasteiger charge is -2.27. The van der Waals surface area contributed by atoms with Crippen molar-refractivity contribution in [3.63, 3.8) is 0 Å². The van der Waals surface area contributed by atoms with Gasteiger partial charge in [0.15, 0.2) is 5.69 Å². The van der Waals surface area contributed by atoms with E-state index in [4.69, 9.17) is 0 Å². The molecular weight excluding hydrogens is 320 g/mol. The summed E-state index contributed by atoms with van der Waals surface area (Å²) in [6.45, 7) is 0.537. The second-order valence-corrected chi connectivity index (χ2v) is 6.58. The molecule has 0 unspecified atom stereocenters. The van der Waals surface area contributed by atoms with Crippen LogP contribution in [0.2, 0.25) is 0 Å². The maximum absolute atomic E-state index is 12.7. The zero-order valence-corrected chi connectivity index (χ0v) is 13.8. The van der Waals surface area contributed by atoms with Crippen LogP contribution in [0.5, 0.6) is 0 Å². The number of carbonyl (C=O) groups excluding carboxylic acids is 3. The number of urea groups is 1. The number of nitrogens with zero attached hydrogens (tertiary/aromatic N) is 3. The molecule has 8 nitrogen and oxygen atoms in total. The molecule has 2 saturated heterocycles. The first-order valence-electron chi connectivity index (χ1n) is 7.36. The first-order valence-corrected chi connectivity index (χ1v) is 8.24. The molecular formula is C14H18N4O4S. The van der Waals surface area contributed by atoms with E-state index in [0.29, 0.717) is 18.0 Å². The van der Waals surface area contributed by atoms with E-state index in [1.54, 1.807) is 16.8 Å². The quantitative estimate of drug-likeness (QED) is 0.817. The molecule has 0 saturated carbocycles. The smallest absolute Gasteiger partial charge is 0.359 e. The molecule has 3 heterocycles. The Balaban J connectivity index is 1.77. The minimum Gasteiger partial charge on any atom is -0.464 e. The molecule has 23 heavy (non-hydrogen) atoms. The van der Waals surface area contributed by atoms with Crippen LogP contribution < -0.4 is 5.32 Å². The molecule has 2 aliphatic heterocycles. The highest BCUT2D eigenvalue weighted by Crippen LogP contribution is 2.31. The number of methoxy groups -OCH3 is 1. The van der Waals surface area contributed by atoms with Crippen molar-refractivity contribution in [3.05, 3.63) is 11.2 Å². The van der Waals surface area contributed by atoms with E-state index >= 15 is 0 Å². The monoisotopic (exact) mass is 338 g/mol. The number of likely N-dealkylation sites (tertiary alicyclic amines) is 1. The first-order chi connectivity index (χ1) is 11.0. The lowest BCUT2D eigenvalue weighted by atomic mass is 10.1. The number of hydrogen-bond acceptors (Lipinski definition) is 6. The van der Waals surface area contributed by atoms with E-state index in [2.05, 4.69) is 15.0 Å². The predicted molar refractivity (Wildman–Crippen MR) is 83.4 cm³/mol. The summed E-state index contributed by atoms with van der Waals surface area (Å²) >= 11 is 1.17. The summed E-state index contributed by atoms with van der Waals surface area (Å²) in [5.74, 6) is -0.529. The van der Waals surface area contributed by atoms with Gasteiger partial charge in [-0.2, -0.15) is 0 Å². The maximum atomic E-state index is 12.7. The molecule has 1 aromatic heterocycles. The van der Waals surface area contributed by atoms with E-state index in [1.165, 1.54) is 24.0 Å². The molecule has 0 aromatic carbocycles. The SMILES string of the molecule is COC(=O)c1ncsc1NC(=O)N1[C@@H]2CC[C@H]1CC(=O)N(C)C2. The molecule has 0 radical (unpaired) electrons. The van der Waals surface area contributed by atoms with Crippen molar-refractivity contribution in [1.82, 2.24) is 14.8 Å². The third-order valence-corrected chi connectivity index (χ3v) is 5.08. The van der Waals surface area contributed by atoms with E-state index in [-0.39, 0.29) is 29.7 Å². The molecule has 1 N–H and O–H groups in total. The topological polar surface area (TPSA) is 91.8 Å². The molecule has 0 aliphatic carbocycles. The number of amides is 3. The van der Waals surface area contributed by atoms with E-state index in [9.17, 15) is 14.4 Å². The van der Waals surface area contributed by atoms with E-state index < -0.39 is 5.97 Å². The molecule has 1 aromatic rings. The second kappa shape index (κ2) is 6.15. The van der Waals surface area contributed by atoms with Gasteiger partial charge < -0.3 is 14.5 Å². The Kier molecular flexibility index (Phi) is 4.20. The van der Waals surface area contributed by atoms with Crippen molar-refractivity contribution in [3.8, 4) is 0 Å². The van der Waals surface area contributed by atoms with Crippen LogP contribution >= 0.6 is 11.3 Å². The van der Waals surface area contributed by atoms with Crippen molar-refractivity contribution in [2.45, 2.75) is 31.3 Å². The average molecular weight is 338 g/mol. The Morgan fingerprint density at radius 1 is 1.39 bits per heavy atom.